The van der Waals surface area contributed by atoms with Crippen molar-refractivity contribution < 1.29 is 14.7 Å². The zero-order valence-electron chi connectivity index (χ0n) is 11.8. The Morgan fingerprint density at radius 2 is 2.33 bits per heavy atom. The number of carboxylic acid groups (broad SMARTS) is 1. The first kappa shape index (κ1) is 13.9. The monoisotopic (exact) mass is 292 g/mol. The van der Waals surface area contributed by atoms with E-state index in [1.165, 1.54) is 0 Å². The Labute approximate surface area is 122 Å². The lowest BCUT2D eigenvalue weighted by Gasteiger charge is -2.23. The lowest BCUT2D eigenvalue weighted by Crippen LogP contribution is -2.44. The molecule has 1 aromatic rings. The Kier molecular flexibility index (Phi) is 3.81. The summed E-state index contributed by atoms with van der Waals surface area (Å²) in [6.45, 7) is 0.577. The standard InChI is InChI=1S/C14H20N4O3/c19-13(20)10-8-9-3-4-11(10)18(9)14(21)17-5-1-2-12-15-6-7-16-12/h6-7,9-11H,1-5,8H2,(H,15,16)(H,17,21)(H,19,20). The summed E-state index contributed by atoms with van der Waals surface area (Å²) in [5.41, 5.74) is 0. The van der Waals surface area contributed by atoms with E-state index in [1.807, 2.05) is 0 Å². The molecule has 3 rings (SSSR count). The van der Waals surface area contributed by atoms with Crippen LogP contribution in [0.5, 0.6) is 0 Å². The van der Waals surface area contributed by atoms with Gasteiger partial charge < -0.3 is 20.3 Å². The van der Waals surface area contributed by atoms with Crippen LogP contribution in [-0.2, 0) is 11.2 Å². The van der Waals surface area contributed by atoms with Crippen molar-refractivity contribution in [2.45, 2.75) is 44.2 Å². The molecule has 0 aliphatic carbocycles. The molecule has 0 saturated carbocycles. The Morgan fingerprint density at radius 3 is 3.00 bits per heavy atom. The molecule has 7 nitrogen and oxygen atoms in total. The molecular formula is C14H20N4O3. The van der Waals surface area contributed by atoms with E-state index in [0.29, 0.717) is 13.0 Å². The van der Waals surface area contributed by atoms with E-state index >= 15 is 0 Å². The number of hydrogen-bond acceptors (Lipinski definition) is 3. The number of carbonyl (C=O) groups excluding carboxylic acids is 1. The van der Waals surface area contributed by atoms with E-state index in [0.717, 1.165) is 31.5 Å². The molecule has 0 aromatic carbocycles. The van der Waals surface area contributed by atoms with Crippen molar-refractivity contribution in [2.24, 2.45) is 5.92 Å². The Hall–Kier alpha value is -2.05. The van der Waals surface area contributed by atoms with Gasteiger partial charge in [-0.05, 0) is 25.7 Å². The number of hydrogen-bond donors (Lipinski definition) is 3. The number of rotatable bonds is 5. The molecule has 1 aromatic heterocycles. The van der Waals surface area contributed by atoms with E-state index in [4.69, 9.17) is 0 Å². The number of fused-ring (bicyclic) bond motifs is 2. The summed E-state index contributed by atoms with van der Waals surface area (Å²) in [7, 11) is 0. The lowest BCUT2D eigenvalue weighted by molar-refractivity contribution is -0.142. The molecule has 3 unspecified atom stereocenters. The molecule has 2 aliphatic rings. The summed E-state index contributed by atoms with van der Waals surface area (Å²) in [6.07, 6.45) is 7.42. The fraction of sp³-hybridized carbons (Fsp3) is 0.643. The zero-order chi connectivity index (χ0) is 14.8. The largest absolute Gasteiger partial charge is 0.481 e. The van der Waals surface area contributed by atoms with Crippen molar-refractivity contribution in [1.29, 1.82) is 0 Å². The number of aromatic nitrogens is 2. The fourth-order valence-electron chi connectivity index (χ4n) is 3.55. The number of imidazole rings is 1. The molecule has 114 valence electrons. The van der Waals surface area contributed by atoms with Crippen LogP contribution in [0, 0.1) is 5.92 Å². The summed E-state index contributed by atoms with van der Waals surface area (Å²) in [4.78, 5) is 32.3. The average molecular weight is 292 g/mol. The molecule has 21 heavy (non-hydrogen) atoms. The van der Waals surface area contributed by atoms with Gasteiger partial charge in [0.05, 0.1) is 5.92 Å². The highest BCUT2D eigenvalue weighted by Crippen LogP contribution is 2.41. The number of carbonyl (C=O) groups is 2. The predicted octanol–water partition coefficient (Wildman–Crippen LogP) is 0.989. The third kappa shape index (κ3) is 2.72. The highest BCUT2D eigenvalue weighted by Gasteiger charge is 2.51. The minimum absolute atomic E-state index is 0.0983. The summed E-state index contributed by atoms with van der Waals surface area (Å²) in [6, 6.07) is -0.149. The van der Waals surface area contributed by atoms with Gasteiger partial charge in [0.2, 0.25) is 0 Å². The van der Waals surface area contributed by atoms with Gasteiger partial charge in [-0.15, -0.1) is 0 Å². The second-order valence-corrected chi connectivity index (χ2v) is 5.76. The molecule has 3 atom stereocenters. The number of nitrogens with one attached hydrogen (secondary N) is 2. The summed E-state index contributed by atoms with van der Waals surface area (Å²) in [5.74, 6) is -0.258. The Bertz CT molecular complexity index is 516. The highest BCUT2D eigenvalue weighted by atomic mass is 16.4. The first-order valence-corrected chi connectivity index (χ1v) is 7.44. The molecule has 0 spiro atoms. The number of aliphatic carboxylic acids is 1. The minimum Gasteiger partial charge on any atom is -0.481 e. The molecule has 2 aliphatic heterocycles. The third-order valence-electron chi connectivity index (χ3n) is 4.51. The van der Waals surface area contributed by atoms with E-state index in [9.17, 15) is 14.7 Å². The topological polar surface area (TPSA) is 98.3 Å². The molecule has 2 bridgehead atoms. The second-order valence-electron chi connectivity index (χ2n) is 5.76. The van der Waals surface area contributed by atoms with Gasteiger partial charge in [-0.3, -0.25) is 4.79 Å². The van der Waals surface area contributed by atoms with Gasteiger partial charge in [0.1, 0.15) is 5.82 Å². The second kappa shape index (κ2) is 5.75. The van der Waals surface area contributed by atoms with E-state index in [2.05, 4.69) is 15.3 Å². The minimum atomic E-state index is -0.780. The molecule has 3 N–H and O–H groups in total. The van der Waals surface area contributed by atoms with Gasteiger partial charge in [-0.25, -0.2) is 9.78 Å². The van der Waals surface area contributed by atoms with Gasteiger partial charge in [-0.2, -0.15) is 0 Å². The number of carboxylic acids is 1. The maximum atomic E-state index is 12.2. The summed E-state index contributed by atoms with van der Waals surface area (Å²) in [5, 5.41) is 12.1. The Balaban J connectivity index is 1.46. The number of aromatic amines is 1. The van der Waals surface area contributed by atoms with Crippen LogP contribution < -0.4 is 5.32 Å². The van der Waals surface area contributed by atoms with Gasteiger partial charge >= 0.3 is 12.0 Å². The quantitative estimate of drug-likeness (QED) is 0.705. The average Bonchev–Trinajstić information content (AvgIpc) is 3.18. The number of nitrogens with zero attached hydrogens (tertiary/aromatic N) is 2. The molecule has 2 saturated heterocycles. The fourth-order valence-corrected chi connectivity index (χ4v) is 3.55. The summed E-state index contributed by atoms with van der Waals surface area (Å²) < 4.78 is 0. The van der Waals surface area contributed by atoms with Crippen molar-refractivity contribution in [3.63, 3.8) is 0 Å². The van der Waals surface area contributed by atoms with Crippen molar-refractivity contribution in [3.8, 4) is 0 Å². The van der Waals surface area contributed by atoms with Crippen LogP contribution in [0.1, 0.15) is 31.5 Å². The maximum Gasteiger partial charge on any atom is 0.317 e. The van der Waals surface area contributed by atoms with Crippen LogP contribution in [0.2, 0.25) is 0 Å². The van der Waals surface area contributed by atoms with E-state index < -0.39 is 11.9 Å². The number of H-pyrrole nitrogens is 1. The first-order chi connectivity index (χ1) is 10.2. The summed E-state index contributed by atoms with van der Waals surface area (Å²) >= 11 is 0. The molecule has 3 heterocycles. The number of aryl methyl sites for hydroxylation is 1. The maximum absolute atomic E-state index is 12.2. The first-order valence-electron chi connectivity index (χ1n) is 7.44. The van der Waals surface area contributed by atoms with Crippen LogP contribution in [0.4, 0.5) is 4.79 Å². The van der Waals surface area contributed by atoms with Crippen molar-refractivity contribution in [2.75, 3.05) is 6.54 Å². The third-order valence-corrected chi connectivity index (χ3v) is 4.51. The molecule has 2 fully saturated rings. The highest BCUT2D eigenvalue weighted by molar-refractivity contribution is 5.79. The van der Waals surface area contributed by atoms with Gasteiger partial charge in [0.15, 0.2) is 0 Å². The van der Waals surface area contributed by atoms with Crippen LogP contribution in [0.15, 0.2) is 12.4 Å². The Morgan fingerprint density at radius 1 is 1.48 bits per heavy atom. The van der Waals surface area contributed by atoms with Gasteiger partial charge in [0.25, 0.3) is 0 Å². The number of urea groups is 1. The van der Waals surface area contributed by atoms with Crippen LogP contribution >= 0.6 is 0 Å². The molecule has 7 heteroatoms. The van der Waals surface area contributed by atoms with Crippen molar-refractivity contribution >= 4 is 12.0 Å². The normalized spacial score (nSPS) is 27.0. The zero-order valence-corrected chi connectivity index (χ0v) is 11.8. The van der Waals surface area contributed by atoms with Crippen molar-refractivity contribution in [3.05, 3.63) is 18.2 Å². The smallest absolute Gasteiger partial charge is 0.317 e. The number of amides is 2. The molecule has 2 amide bonds. The lowest BCUT2D eigenvalue weighted by atomic mass is 9.89. The van der Waals surface area contributed by atoms with Gasteiger partial charge in [0, 0.05) is 37.4 Å². The molecular weight excluding hydrogens is 272 g/mol. The van der Waals surface area contributed by atoms with Crippen LogP contribution in [0.3, 0.4) is 0 Å². The molecule has 0 radical (unpaired) electrons. The van der Waals surface area contributed by atoms with E-state index in [1.54, 1.807) is 17.3 Å². The van der Waals surface area contributed by atoms with Crippen molar-refractivity contribution in [1.82, 2.24) is 20.2 Å². The predicted molar refractivity (Wildman–Crippen MR) is 74.7 cm³/mol. The van der Waals surface area contributed by atoms with Crippen LogP contribution in [0.25, 0.3) is 0 Å². The van der Waals surface area contributed by atoms with Crippen LogP contribution in [-0.4, -0.2) is 50.6 Å². The van der Waals surface area contributed by atoms with E-state index in [-0.39, 0.29) is 18.1 Å². The van der Waals surface area contributed by atoms with Gasteiger partial charge in [-0.1, -0.05) is 0 Å². The SMILES string of the molecule is O=C(O)C1CC2CCC1N2C(=O)NCCCc1ncc[nH]1.